The second kappa shape index (κ2) is 8.44. The zero-order valence-corrected chi connectivity index (χ0v) is 19.0. The quantitative estimate of drug-likeness (QED) is 0.359. The number of non-ortho nitro benzene ring substituents is 1. The van der Waals surface area contributed by atoms with Crippen LogP contribution in [0, 0.1) is 10.1 Å². The molecule has 2 aromatic carbocycles. The third kappa shape index (κ3) is 4.26. The molecule has 1 aromatic heterocycles. The van der Waals surface area contributed by atoms with Crippen LogP contribution >= 0.6 is 27.3 Å². The van der Waals surface area contributed by atoms with E-state index in [1.165, 1.54) is 24.3 Å². The van der Waals surface area contributed by atoms with E-state index >= 15 is 0 Å². The van der Waals surface area contributed by atoms with E-state index in [-0.39, 0.29) is 10.6 Å². The highest BCUT2D eigenvalue weighted by Crippen LogP contribution is 2.32. The molecule has 1 saturated heterocycles. The maximum atomic E-state index is 12.9. The smallest absolute Gasteiger partial charge is 0.269 e. The summed E-state index contributed by atoms with van der Waals surface area (Å²) in [6, 6.07) is 13.1. The third-order valence-corrected chi connectivity index (χ3v) is 8.81. The van der Waals surface area contributed by atoms with E-state index in [0.717, 1.165) is 20.9 Å². The van der Waals surface area contributed by atoms with Gasteiger partial charge in [-0.25, -0.2) is 13.4 Å². The Bertz CT molecular complexity index is 1170. The number of benzene rings is 2. The molecule has 0 saturated carbocycles. The van der Waals surface area contributed by atoms with Crippen LogP contribution in [0.15, 0.2) is 63.3 Å². The van der Waals surface area contributed by atoms with E-state index in [2.05, 4.69) is 20.8 Å². The van der Waals surface area contributed by atoms with Crippen molar-refractivity contribution in [2.75, 3.05) is 18.0 Å². The summed E-state index contributed by atoms with van der Waals surface area (Å²) in [6.45, 7) is 1.20. The number of nitrogens with zero attached hydrogens (tertiary/aromatic N) is 3. The Morgan fingerprint density at radius 2 is 1.83 bits per heavy atom. The van der Waals surface area contributed by atoms with Crippen molar-refractivity contribution in [3.63, 3.8) is 0 Å². The largest absolute Gasteiger partial charge is 0.348 e. The number of nitro groups is 1. The van der Waals surface area contributed by atoms with Crippen molar-refractivity contribution in [3.8, 4) is 11.3 Å². The van der Waals surface area contributed by atoms with Crippen LogP contribution in [0.2, 0.25) is 0 Å². The molecule has 0 aliphatic carbocycles. The minimum absolute atomic E-state index is 0.117. The number of nitro benzene ring substituents is 1. The van der Waals surface area contributed by atoms with E-state index in [4.69, 9.17) is 4.98 Å². The number of halogens is 1. The highest BCUT2D eigenvalue weighted by molar-refractivity contribution is 9.10. The molecular formula is C20H18BrN3O4S2. The lowest BCUT2D eigenvalue weighted by atomic mass is 10.1. The third-order valence-electron chi connectivity index (χ3n) is 5.14. The lowest BCUT2D eigenvalue weighted by Crippen LogP contribution is -2.39. The van der Waals surface area contributed by atoms with Crippen molar-refractivity contribution in [2.24, 2.45) is 0 Å². The molecule has 4 rings (SSSR count). The van der Waals surface area contributed by atoms with Gasteiger partial charge in [0.25, 0.3) is 5.69 Å². The van der Waals surface area contributed by atoms with E-state index < -0.39 is 20.0 Å². The van der Waals surface area contributed by atoms with Gasteiger partial charge in [-0.05, 0) is 37.1 Å². The Hall–Kier alpha value is -2.30. The molecule has 0 atom stereocenters. The van der Waals surface area contributed by atoms with Gasteiger partial charge in [0.1, 0.15) is 0 Å². The van der Waals surface area contributed by atoms with Gasteiger partial charge in [-0.3, -0.25) is 10.1 Å². The lowest BCUT2D eigenvalue weighted by Gasteiger charge is -2.31. The fraction of sp³-hybridized carbons (Fsp3) is 0.250. The molecule has 0 spiro atoms. The summed E-state index contributed by atoms with van der Waals surface area (Å²) in [5.41, 5.74) is 1.81. The van der Waals surface area contributed by atoms with E-state index in [0.29, 0.717) is 25.9 Å². The van der Waals surface area contributed by atoms with Gasteiger partial charge < -0.3 is 4.90 Å². The number of aromatic nitrogens is 1. The summed E-state index contributed by atoms with van der Waals surface area (Å²) < 4.78 is 26.8. The van der Waals surface area contributed by atoms with Gasteiger partial charge in [0, 0.05) is 40.6 Å². The van der Waals surface area contributed by atoms with Crippen molar-refractivity contribution in [1.82, 2.24) is 4.98 Å². The molecule has 3 aromatic rings. The van der Waals surface area contributed by atoms with Crippen LogP contribution in [-0.4, -0.2) is 36.7 Å². The van der Waals surface area contributed by atoms with Crippen LogP contribution in [0.5, 0.6) is 0 Å². The number of hydrogen-bond acceptors (Lipinski definition) is 7. The van der Waals surface area contributed by atoms with Crippen molar-refractivity contribution >= 4 is 47.9 Å². The minimum Gasteiger partial charge on any atom is -0.348 e. The summed E-state index contributed by atoms with van der Waals surface area (Å²) in [4.78, 5) is 17.2. The summed E-state index contributed by atoms with van der Waals surface area (Å²) in [6.07, 6.45) is 0.982. The second-order valence-electron chi connectivity index (χ2n) is 7.01. The van der Waals surface area contributed by atoms with Crippen LogP contribution in [0.4, 0.5) is 10.8 Å². The minimum atomic E-state index is -3.52. The molecule has 1 fully saturated rings. The number of thiazole rings is 1. The van der Waals surface area contributed by atoms with E-state index in [1.807, 2.05) is 29.6 Å². The molecule has 0 amide bonds. The predicted molar refractivity (Wildman–Crippen MR) is 121 cm³/mol. The molecule has 7 nitrogen and oxygen atoms in total. The maximum Gasteiger partial charge on any atom is 0.269 e. The van der Waals surface area contributed by atoms with Gasteiger partial charge in [0.2, 0.25) is 0 Å². The first-order valence-corrected chi connectivity index (χ1v) is 12.5. The Kier molecular flexibility index (Phi) is 5.90. The number of piperidine rings is 1. The zero-order valence-electron chi connectivity index (χ0n) is 15.8. The summed E-state index contributed by atoms with van der Waals surface area (Å²) >= 11 is 5.03. The standard InChI is InChI=1S/C20H18BrN3O4S2/c21-15-3-1-2-14(12-15)19-13-29-20(22-19)23-10-8-18(9-11-23)30(27,28)17-6-4-16(5-7-17)24(25)26/h1-7,12-13,18H,8-11H2. The second-order valence-corrected chi connectivity index (χ2v) is 11.0. The SMILES string of the molecule is O=[N+]([O-])c1ccc(S(=O)(=O)C2CCN(c3nc(-c4cccc(Br)c4)cs3)CC2)cc1. The first-order valence-electron chi connectivity index (χ1n) is 9.29. The molecule has 1 aliphatic rings. The van der Waals surface area contributed by atoms with Crippen molar-refractivity contribution in [1.29, 1.82) is 0 Å². The van der Waals surface area contributed by atoms with Crippen LogP contribution in [0.25, 0.3) is 11.3 Å². The molecular weight excluding hydrogens is 490 g/mol. The van der Waals surface area contributed by atoms with Gasteiger partial charge in [-0.15, -0.1) is 11.3 Å². The van der Waals surface area contributed by atoms with Gasteiger partial charge in [0.15, 0.2) is 15.0 Å². The van der Waals surface area contributed by atoms with Crippen LogP contribution in [0.3, 0.4) is 0 Å². The summed E-state index contributed by atoms with van der Waals surface area (Å²) in [5.74, 6) is 0. The normalized spacial score (nSPS) is 15.3. The zero-order chi connectivity index (χ0) is 21.3. The molecule has 156 valence electrons. The molecule has 0 bridgehead atoms. The average molecular weight is 508 g/mol. The Morgan fingerprint density at radius 1 is 1.13 bits per heavy atom. The summed E-state index contributed by atoms with van der Waals surface area (Å²) in [5, 5.41) is 13.2. The summed E-state index contributed by atoms with van der Waals surface area (Å²) in [7, 11) is -3.52. The predicted octanol–water partition coefficient (Wildman–Crippen LogP) is 4.92. The number of hydrogen-bond donors (Lipinski definition) is 0. The topological polar surface area (TPSA) is 93.4 Å². The molecule has 0 unspecified atom stereocenters. The molecule has 1 aliphatic heterocycles. The molecule has 10 heteroatoms. The molecule has 0 N–H and O–H groups in total. The van der Waals surface area contributed by atoms with E-state index in [1.54, 1.807) is 11.3 Å². The molecule has 2 heterocycles. The monoisotopic (exact) mass is 507 g/mol. The van der Waals surface area contributed by atoms with Gasteiger partial charge in [0.05, 0.1) is 20.8 Å². The Balaban J connectivity index is 1.44. The number of rotatable bonds is 5. The number of sulfone groups is 1. The van der Waals surface area contributed by atoms with Crippen LogP contribution in [0.1, 0.15) is 12.8 Å². The number of anilines is 1. The Morgan fingerprint density at radius 3 is 2.47 bits per heavy atom. The highest BCUT2D eigenvalue weighted by Gasteiger charge is 2.32. The highest BCUT2D eigenvalue weighted by atomic mass is 79.9. The van der Waals surface area contributed by atoms with Crippen molar-refractivity contribution in [3.05, 3.63) is 68.5 Å². The van der Waals surface area contributed by atoms with Gasteiger partial charge in [-0.1, -0.05) is 28.1 Å². The average Bonchev–Trinajstić information content (AvgIpc) is 3.24. The maximum absolute atomic E-state index is 12.9. The first kappa shape index (κ1) is 21.0. The first-order chi connectivity index (χ1) is 14.3. The van der Waals surface area contributed by atoms with E-state index in [9.17, 15) is 18.5 Å². The molecule has 0 radical (unpaired) electrons. The fourth-order valence-corrected chi connectivity index (χ4v) is 6.52. The van der Waals surface area contributed by atoms with Crippen LogP contribution < -0.4 is 4.90 Å². The van der Waals surface area contributed by atoms with Crippen molar-refractivity contribution in [2.45, 2.75) is 23.0 Å². The Labute approximate surface area is 186 Å². The van der Waals surface area contributed by atoms with Gasteiger partial charge in [-0.2, -0.15) is 0 Å². The van der Waals surface area contributed by atoms with Crippen molar-refractivity contribution < 1.29 is 13.3 Å². The van der Waals surface area contributed by atoms with Crippen LogP contribution in [-0.2, 0) is 9.84 Å². The lowest BCUT2D eigenvalue weighted by molar-refractivity contribution is -0.384. The fourth-order valence-electron chi connectivity index (χ4n) is 3.50. The molecule has 30 heavy (non-hydrogen) atoms. The van der Waals surface area contributed by atoms with Gasteiger partial charge >= 0.3 is 0 Å².